The minimum absolute atomic E-state index is 0.797. The van der Waals surface area contributed by atoms with Crippen LogP contribution in [0, 0.1) is 12.0 Å². The first-order valence-corrected chi connectivity index (χ1v) is 4.32. The molecule has 1 heteroatoms. The van der Waals surface area contributed by atoms with Crippen LogP contribution in [0.3, 0.4) is 0 Å². The Morgan fingerprint density at radius 1 is 1.31 bits per heavy atom. The molecule has 1 nitrogen and oxygen atoms in total. The summed E-state index contributed by atoms with van der Waals surface area (Å²) >= 11 is 0. The smallest absolute Gasteiger partial charge is 0.0358 e. The Hall–Kier alpha value is -1.68. The molecule has 0 aliphatic rings. The standard InChI is InChI=1S/C12H13N/c1-2-10-13-11-6-9-12-7-4-3-5-8-12/h2-5,7-8,10,13H,9H2,1H3/b10-2-. The van der Waals surface area contributed by atoms with Gasteiger partial charge < -0.3 is 5.32 Å². The van der Waals surface area contributed by atoms with E-state index in [9.17, 15) is 0 Å². The summed E-state index contributed by atoms with van der Waals surface area (Å²) < 4.78 is 0. The third kappa shape index (κ3) is 4.03. The van der Waals surface area contributed by atoms with Gasteiger partial charge in [0.25, 0.3) is 0 Å². The summed E-state index contributed by atoms with van der Waals surface area (Å²) in [4.78, 5) is 0. The number of allylic oxidation sites excluding steroid dienone is 1. The molecule has 0 aliphatic heterocycles. The molecule has 0 saturated carbocycles. The van der Waals surface area contributed by atoms with E-state index < -0.39 is 0 Å². The van der Waals surface area contributed by atoms with E-state index in [1.165, 1.54) is 5.56 Å². The predicted octanol–water partition coefficient (Wildman–Crippen LogP) is 2.31. The molecule has 1 aromatic rings. The summed E-state index contributed by atoms with van der Waals surface area (Å²) in [5.74, 6) is 3.02. The summed E-state index contributed by atoms with van der Waals surface area (Å²) in [5, 5.41) is 2.86. The molecule has 0 heterocycles. The third-order valence-electron chi connectivity index (χ3n) is 1.55. The number of benzene rings is 1. The van der Waals surface area contributed by atoms with Crippen LogP contribution in [0.25, 0.3) is 0 Å². The van der Waals surface area contributed by atoms with Gasteiger partial charge >= 0.3 is 0 Å². The second-order valence-electron chi connectivity index (χ2n) is 2.61. The van der Waals surface area contributed by atoms with Crippen molar-refractivity contribution in [3.8, 4) is 12.0 Å². The van der Waals surface area contributed by atoms with Crippen LogP contribution >= 0.6 is 0 Å². The van der Waals surface area contributed by atoms with Gasteiger partial charge in [0.2, 0.25) is 0 Å². The summed E-state index contributed by atoms with van der Waals surface area (Å²) in [6.45, 7) is 1.95. The molecule has 13 heavy (non-hydrogen) atoms. The van der Waals surface area contributed by atoms with Crippen LogP contribution in [0.15, 0.2) is 42.6 Å². The summed E-state index contributed by atoms with van der Waals surface area (Å²) in [6, 6.07) is 13.1. The van der Waals surface area contributed by atoms with Crippen LogP contribution in [-0.4, -0.2) is 0 Å². The first kappa shape index (κ1) is 9.41. The highest BCUT2D eigenvalue weighted by Gasteiger charge is 1.83. The zero-order chi connectivity index (χ0) is 9.36. The van der Waals surface area contributed by atoms with Gasteiger partial charge in [-0.05, 0) is 12.5 Å². The van der Waals surface area contributed by atoms with E-state index in [0.29, 0.717) is 0 Å². The molecule has 1 N–H and O–H groups in total. The second-order valence-corrected chi connectivity index (χ2v) is 2.61. The maximum absolute atomic E-state index is 3.02. The third-order valence-corrected chi connectivity index (χ3v) is 1.55. The van der Waals surface area contributed by atoms with Crippen molar-refractivity contribution in [1.82, 2.24) is 5.32 Å². The second kappa shape index (κ2) is 5.91. The summed E-state index contributed by atoms with van der Waals surface area (Å²) in [6.07, 6.45) is 4.53. The van der Waals surface area contributed by atoms with Crippen molar-refractivity contribution >= 4 is 0 Å². The SMILES string of the molecule is C/C=C\NC#CCc1ccccc1. The van der Waals surface area contributed by atoms with Crippen LogP contribution in [0.4, 0.5) is 0 Å². The van der Waals surface area contributed by atoms with Gasteiger partial charge in [0.15, 0.2) is 0 Å². The molecule has 0 fully saturated rings. The lowest BCUT2D eigenvalue weighted by Crippen LogP contribution is -1.92. The van der Waals surface area contributed by atoms with Crippen molar-refractivity contribution in [3.63, 3.8) is 0 Å². The predicted molar refractivity (Wildman–Crippen MR) is 55.9 cm³/mol. The molecule has 1 rings (SSSR count). The largest absolute Gasteiger partial charge is 0.322 e. The Morgan fingerprint density at radius 3 is 2.77 bits per heavy atom. The molecule has 0 amide bonds. The van der Waals surface area contributed by atoms with E-state index in [2.05, 4.69) is 29.4 Å². The molecule has 0 atom stereocenters. The maximum Gasteiger partial charge on any atom is 0.0358 e. The van der Waals surface area contributed by atoms with Crippen molar-refractivity contribution < 1.29 is 0 Å². The Balaban J connectivity index is 2.37. The number of nitrogens with one attached hydrogen (secondary N) is 1. The van der Waals surface area contributed by atoms with Gasteiger partial charge in [-0.2, -0.15) is 0 Å². The minimum Gasteiger partial charge on any atom is -0.322 e. The molecular weight excluding hydrogens is 158 g/mol. The van der Waals surface area contributed by atoms with Gasteiger partial charge in [0.05, 0.1) is 0 Å². The fourth-order valence-electron chi connectivity index (χ4n) is 0.918. The first-order chi connectivity index (χ1) is 6.43. The minimum atomic E-state index is 0.797. The van der Waals surface area contributed by atoms with Gasteiger partial charge in [-0.1, -0.05) is 42.3 Å². The van der Waals surface area contributed by atoms with Crippen LogP contribution in [-0.2, 0) is 6.42 Å². The molecule has 0 unspecified atom stereocenters. The monoisotopic (exact) mass is 171 g/mol. The Kier molecular flexibility index (Phi) is 4.27. The maximum atomic E-state index is 3.02. The van der Waals surface area contributed by atoms with Gasteiger partial charge in [0.1, 0.15) is 0 Å². The van der Waals surface area contributed by atoms with E-state index in [1.807, 2.05) is 37.4 Å². The van der Waals surface area contributed by atoms with Crippen molar-refractivity contribution in [2.45, 2.75) is 13.3 Å². The first-order valence-electron chi connectivity index (χ1n) is 4.32. The number of hydrogen-bond acceptors (Lipinski definition) is 1. The fraction of sp³-hybridized carbons (Fsp3) is 0.167. The Labute approximate surface area is 79.5 Å². The van der Waals surface area contributed by atoms with E-state index in [-0.39, 0.29) is 0 Å². The van der Waals surface area contributed by atoms with Crippen LogP contribution in [0.1, 0.15) is 12.5 Å². The lowest BCUT2D eigenvalue weighted by Gasteiger charge is -1.90. The van der Waals surface area contributed by atoms with Crippen LogP contribution in [0.5, 0.6) is 0 Å². The van der Waals surface area contributed by atoms with Crippen molar-refractivity contribution in [3.05, 3.63) is 48.2 Å². The molecule has 66 valence electrons. The Morgan fingerprint density at radius 2 is 2.08 bits per heavy atom. The topological polar surface area (TPSA) is 12.0 Å². The van der Waals surface area contributed by atoms with Gasteiger partial charge in [0, 0.05) is 18.7 Å². The van der Waals surface area contributed by atoms with E-state index in [0.717, 1.165) is 6.42 Å². The molecule has 0 radical (unpaired) electrons. The normalized spacial score (nSPS) is 9.31. The molecule has 0 saturated heterocycles. The zero-order valence-electron chi connectivity index (χ0n) is 7.75. The molecule has 0 aromatic heterocycles. The van der Waals surface area contributed by atoms with Gasteiger partial charge in [-0.3, -0.25) is 0 Å². The number of rotatable bonds is 2. The molecular formula is C12H13N. The van der Waals surface area contributed by atoms with Crippen LogP contribution < -0.4 is 5.32 Å². The van der Waals surface area contributed by atoms with E-state index in [1.54, 1.807) is 0 Å². The van der Waals surface area contributed by atoms with E-state index in [4.69, 9.17) is 0 Å². The highest BCUT2D eigenvalue weighted by molar-refractivity contribution is 5.20. The highest BCUT2D eigenvalue weighted by atomic mass is 14.8. The van der Waals surface area contributed by atoms with Crippen LogP contribution in [0.2, 0.25) is 0 Å². The van der Waals surface area contributed by atoms with Crippen molar-refractivity contribution in [2.24, 2.45) is 0 Å². The lowest BCUT2D eigenvalue weighted by molar-refractivity contribution is 1.23. The van der Waals surface area contributed by atoms with E-state index >= 15 is 0 Å². The highest BCUT2D eigenvalue weighted by Crippen LogP contribution is 1.97. The summed E-state index contributed by atoms with van der Waals surface area (Å²) in [5.41, 5.74) is 1.25. The Bertz CT molecular complexity index is 314. The fourth-order valence-corrected chi connectivity index (χ4v) is 0.918. The molecule has 1 aromatic carbocycles. The van der Waals surface area contributed by atoms with Crippen molar-refractivity contribution in [2.75, 3.05) is 0 Å². The van der Waals surface area contributed by atoms with Crippen molar-refractivity contribution in [1.29, 1.82) is 0 Å². The average Bonchev–Trinajstić information content (AvgIpc) is 2.19. The average molecular weight is 171 g/mol. The molecule has 0 spiro atoms. The molecule has 0 aliphatic carbocycles. The quantitative estimate of drug-likeness (QED) is 0.532. The lowest BCUT2D eigenvalue weighted by atomic mass is 10.2. The van der Waals surface area contributed by atoms with Gasteiger partial charge in [-0.15, -0.1) is 0 Å². The van der Waals surface area contributed by atoms with Gasteiger partial charge in [-0.25, -0.2) is 0 Å². The molecule has 0 bridgehead atoms. The zero-order valence-corrected chi connectivity index (χ0v) is 7.75. The number of hydrogen-bond donors (Lipinski definition) is 1. The summed E-state index contributed by atoms with van der Waals surface area (Å²) in [7, 11) is 0.